The van der Waals surface area contributed by atoms with Gasteiger partial charge in [0.25, 0.3) is 11.8 Å². The van der Waals surface area contributed by atoms with Crippen LogP contribution in [-0.2, 0) is 48.2 Å². The lowest BCUT2D eigenvalue weighted by molar-refractivity contribution is -0.147. The predicted octanol–water partition coefficient (Wildman–Crippen LogP) is 5.38. The molecule has 428 valence electrons. The number of amides is 8. The Hall–Kier alpha value is -7.51. The molecule has 1 aliphatic carbocycles. The van der Waals surface area contributed by atoms with Crippen LogP contribution in [0.3, 0.4) is 0 Å². The Labute approximate surface area is 468 Å². The van der Waals surface area contributed by atoms with Crippen LogP contribution in [-0.4, -0.2) is 120 Å². The summed E-state index contributed by atoms with van der Waals surface area (Å²) in [6, 6.07) is 18.5. The third-order valence-corrected chi connectivity index (χ3v) is 15.7. The van der Waals surface area contributed by atoms with Crippen molar-refractivity contribution in [1.29, 1.82) is 0 Å². The van der Waals surface area contributed by atoms with Gasteiger partial charge in [-0.05, 0) is 136 Å². The third-order valence-electron chi connectivity index (χ3n) is 15.7. The molecule has 0 radical (unpaired) electrons. The first-order valence-corrected chi connectivity index (χ1v) is 27.6. The van der Waals surface area contributed by atoms with Gasteiger partial charge >= 0.3 is 0 Å². The van der Waals surface area contributed by atoms with Crippen molar-refractivity contribution in [2.45, 2.75) is 155 Å². The van der Waals surface area contributed by atoms with E-state index in [-0.39, 0.29) is 60.5 Å². The summed E-state index contributed by atoms with van der Waals surface area (Å²) in [6.07, 6.45) is 2.73. The number of likely N-dealkylation sites (tertiary alicyclic amines) is 1. The van der Waals surface area contributed by atoms with Crippen molar-refractivity contribution in [2.24, 2.45) is 10.8 Å². The second-order valence-corrected chi connectivity index (χ2v) is 23.7. The van der Waals surface area contributed by atoms with Crippen LogP contribution >= 0.6 is 0 Å². The Balaban J connectivity index is 1.07. The summed E-state index contributed by atoms with van der Waals surface area (Å²) in [6.45, 7) is 16.0. The van der Waals surface area contributed by atoms with Crippen molar-refractivity contribution >= 4 is 52.9 Å². The summed E-state index contributed by atoms with van der Waals surface area (Å²) in [5.41, 5.74) is 3.24. The number of hydrogen-bond acceptors (Lipinski definition) is 10. The highest BCUT2D eigenvalue weighted by Crippen LogP contribution is 2.34. The Kier molecular flexibility index (Phi) is 19.0. The molecule has 2 heterocycles. The van der Waals surface area contributed by atoms with Gasteiger partial charge in [0.1, 0.15) is 30.0 Å². The van der Waals surface area contributed by atoms with Crippen LogP contribution in [0.25, 0.3) is 0 Å². The lowest BCUT2D eigenvalue weighted by Crippen LogP contribution is -2.62. The molecule has 1 saturated heterocycles. The Morgan fingerprint density at radius 1 is 0.613 bits per heavy atom. The highest BCUT2D eigenvalue weighted by atomic mass is 19.1. The van der Waals surface area contributed by atoms with Gasteiger partial charge in [-0.15, -0.1) is 0 Å². The number of likely N-dealkylation sites (N-methyl/N-ethyl adjacent to an activating group) is 2. The molecule has 80 heavy (non-hydrogen) atoms. The maximum Gasteiger partial charge on any atom is 0.255 e. The maximum absolute atomic E-state index is 14.8. The number of aryl methyl sites for hydroxylation is 1. The number of halogens is 1. The summed E-state index contributed by atoms with van der Waals surface area (Å²) < 4.78 is 14.8. The van der Waals surface area contributed by atoms with E-state index in [9.17, 15) is 42.7 Å². The SMILES string of the molecule is CN[C@@H](C)C(=O)N[C@H](C(=O)N1Cc2cc(NC(=O)c3ccc(C(=O)N[C@H]4C[C@@H](C(=O)N[C@@H]5CCCc6ccccc65)N(C(=O)[C@@H](NC(=O)[C@H](C)NC)C(C)(C)C)C4)cc3)ccc2C[C@H]1C(=O)N[C@H](C)c1ccccc1F)C(C)(C)C. The van der Waals surface area contributed by atoms with E-state index in [0.717, 1.165) is 36.0 Å². The van der Waals surface area contributed by atoms with Crippen LogP contribution in [0.1, 0.15) is 142 Å². The van der Waals surface area contributed by atoms with Crippen molar-refractivity contribution in [1.82, 2.24) is 47.0 Å². The maximum atomic E-state index is 14.8. The minimum absolute atomic E-state index is 0.00730. The van der Waals surface area contributed by atoms with E-state index < -0.39 is 100 Å². The largest absolute Gasteiger partial charge is 0.348 e. The lowest BCUT2D eigenvalue weighted by atomic mass is 9.84. The first-order chi connectivity index (χ1) is 37.8. The number of anilines is 1. The van der Waals surface area contributed by atoms with E-state index in [1.807, 2.05) is 59.7 Å². The van der Waals surface area contributed by atoms with Gasteiger partial charge in [-0.25, -0.2) is 4.39 Å². The van der Waals surface area contributed by atoms with Crippen molar-refractivity contribution < 1.29 is 42.7 Å². The molecular formula is C61H79FN10O8. The molecule has 4 aromatic rings. The van der Waals surface area contributed by atoms with Crippen LogP contribution < -0.4 is 42.5 Å². The van der Waals surface area contributed by atoms with Crippen LogP contribution in [0.2, 0.25) is 0 Å². The van der Waals surface area contributed by atoms with Gasteiger partial charge in [-0.3, -0.25) is 38.4 Å². The van der Waals surface area contributed by atoms with Crippen LogP contribution in [0, 0.1) is 16.6 Å². The van der Waals surface area contributed by atoms with Gasteiger partial charge < -0.3 is 52.3 Å². The van der Waals surface area contributed by atoms with Crippen molar-refractivity contribution in [3.63, 3.8) is 0 Å². The molecule has 8 amide bonds. The number of benzene rings is 4. The standard InChI is InChI=1S/C61H79FN10O8/c1-34(44-19-14-15-21-46(44)62)65-56(77)48-30-40-27-28-42(29-41(40)32-71(48)58(79)50(60(4,5)6)69-52(73)35(2)63-10)66-54(75)38-23-25-39(26-24-38)55(76)67-43-31-49(57(78)68-47-22-16-18-37-17-12-13-20-45(37)47)72(33-43)59(80)51(61(7,8)9)70-53(74)36(3)64-11/h12-15,17,19-21,23-29,34-36,43,47-51,63-64H,16,18,22,30-33H2,1-11H3,(H,65,77)(H,66,75)(H,67,76)(H,68,78)(H,69,73)(H,70,74)/t34-,35+,36+,43+,47-,48+,49+,50-,51-/m1/s1. The molecule has 1 fully saturated rings. The fourth-order valence-electron chi connectivity index (χ4n) is 10.6. The van der Waals surface area contributed by atoms with Gasteiger partial charge in [0.15, 0.2) is 0 Å². The van der Waals surface area contributed by atoms with Gasteiger partial charge in [-0.2, -0.15) is 0 Å². The van der Waals surface area contributed by atoms with Crippen molar-refractivity contribution in [2.75, 3.05) is 26.0 Å². The molecule has 19 heteroatoms. The molecule has 3 aliphatic rings. The molecule has 0 unspecified atom stereocenters. The second-order valence-electron chi connectivity index (χ2n) is 23.7. The first-order valence-electron chi connectivity index (χ1n) is 27.6. The number of hydrogen-bond donors (Lipinski definition) is 8. The van der Waals surface area contributed by atoms with E-state index in [4.69, 9.17) is 0 Å². The average molecular weight is 1100 g/mol. The van der Waals surface area contributed by atoms with Crippen LogP contribution in [0.15, 0.2) is 91.0 Å². The van der Waals surface area contributed by atoms with E-state index >= 15 is 0 Å². The molecule has 2 aliphatic heterocycles. The molecule has 7 rings (SSSR count). The predicted molar refractivity (Wildman–Crippen MR) is 303 cm³/mol. The van der Waals surface area contributed by atoms with E-state index in [2.05, 4.69) is 48.6 Å². The number of rotatable bonds is 17. The zero-order chi connectivity index (χ0) is 58.4. The normalized spacial score (nSPS) is 19.9. The molecule has 0 aromatic heterocycles. The molecule has 4 aromatic carbocycles. The molecule has 18 nitrogen and oxygen atoms in total. The van der Waals surface area contributed by atoms with Crippen LogP contribution in [0.4, 0.5) is 10.1 Å². The van der Waals surface area contributed by atoms with E-state index in [0.29, 0.717) is 11.3 Å². The van der Waals surface area contributed by atoms with E-state index in [1.165, 1.54) is 40.1 Å². The highest BCUT2D eigenvalue weighted by molar-refractivity contribution is 6.05. The van der Waals surface area contributed by atoms with Gasteiger partial charge in [0, 0.05) is 47.9 Å². The van der Waals surface area contributed by atoms with Gasteiger partial charge in [0.05, 0.1) is 24.2 Å². The minimum Gasteiger partial charge on any atom is -0.348 e. The second kappa shape index (κ2) is 25.3. The molecule has 0 bridgehead atoms. The molecule has 0 spiro atoms. The summed E-state index contributed by atoms with van der Waals surface area (Å²) >= 11 is 0. The minimum atomic E-state index is -1.04. The number of fused-ring (bicyclic) bond motifs is 2. The number of nitrogens with one attached hydrogen (secondary N) is 8. The third kappa shape index (κ3) is 14.1. The summed E-state index contributed by atoms with van der Waals surface area (Å²) in [5.74, 6) is -4.00. The molecule has 0 saturated carbocycles. The Bertz CT molecular complexity index is 2970. The Morgan fingerprint density at radius 2 is 1.19 bits per heavy atom. The van der Waals surface area contributed by atoms with Gasteiger partial charge in [-0.1, -0.05) is 90.1 Å². The molecule has 8 N–H and O–H groups in total. The highest BCUT2D eigenvalue weighted by Gasteiger charge is 2.47. The summed E-state index contributed by atoms with van der Waals surface area (Å²) in [7, 11) is 3.28. The molecule has 9 atom stereocenters. The topological polar surface area (TPSA) is 239 Å². The molecular weight excluding hydrogens is 1020 g/mol. The quantitative estimate of drug-likeness (QED) is 0.0672. The van der Waals surface area contributed by atoms with Crippen LogP contribution in [0.5, 0.6) is 0 Å². The average Bonchev–Trinajstić information content (AvgIpc) is 3.85. The van der Waals surface area contributed by atoms with Crippen molar-refractivity contribution in [3.05, 3.63) is 136 Å². The number of carbonyl (C=O) groups is 8. The fraction of sp³-hybridized carbons (Fsp3) is 0.475. The zero-order valence-corrected chi connectivity index (χ0v) is 47.8. The summed E-state index contributed by atoms with van der Waals surface area (Å²) in [5, 5.41) is 23.6. The monoisotopic (exact) mass is 1100 g/mol. The number of carbonyl (C=O) groups excluding carboxylic acids is 8. The number of nitrogens with zero attached hydrogens (tertiary/aromatic N) is 2. The smallest absolute Gasteiger partial charge is 0.255 e. The lowest BCUT2D eigenvalue weighted by Gasteiger charge is -2.41. The van der Waals surface area contributed by atoms with Gasteiger partial charge in [0.2, 0.25) is 35.4 Å². The van der Waals surface area contributed by atoms with E-state index in [1.54, 1.807) is 71.3 Å². The Morgan fingerprint density at radius 3 is 1.79 bits per heavy atom. The zero-order valence-electron chi connectivity index (χ0n) is 47.8. The van der Waals surface area contributed by atoms with Crippen molar-refractivity contribution in [3.8, 4) is 0 Å². The fourth-order valence-corrected chi connectivity index (χ4v) is 10.6. The summed E-state index contributed by atoms with van der Waals surface area (Å²) in [4.78, 5) is 115. The first kappa shape index (κ1) is 60.1.